The van der Waals surface area contributed by atoms with E-state index < -0.39 is 0 Å². The number of nitrogens with zero attached hydrogens (tertiary/aromatic N) is 9. The minimum atomic E-state index is -0.371. The molecule has 3 aliphatic heterocycles. The number of rotatable bonds is 8. The summed E-state index contributed by atoms with van der Waals surface area (Å²) in [6.07, 6.45) is 6.42. The molecule has 1 amide bonds. The highest BCUT2D eigenvalue weighted by molar-refractivity contribution is 7.15. The SMILES string of the molecule is COc1cc(OC2C(C)(C)C(NC(=O)c3cnc(N4CCC5(CCN(c6ccc(C7=N[C@@H](C)c8nnc(C)n8-c8sc(C)c(C)c87)cc6)CC5)C4)nc3)C2(C)C)ccc1C#N. The van der Waals surface area contributed by atoms with Crippen LogP contribution in [-0.4, -0.2) is 81.8 Å². The third-order valence-electron chi connectivity index (χ3n) is 14.0. The molecule has 1 saturated carbocycles. The second kappa shape index (κ2) is 15.0. The Labute approximate surface area is 361 Å². The Hall–Kier alpha value is -5.81. The molecule has 1 N–H and O–H groups in total. The number of methoxy groups -OCH3 is 1. The van der Waals surface area contributed by atoms with E-state index in [2.05, 4.69) is 109 Å². The Morgan fingerprint density at radius 2 is 1.61 bits per heavy atom. The average molecular weight is 839 g/mol. The highest BCUT2D eigenvalue weighted by Gasteiger charge is 2.64. The number of benzene rings is 2. The summed E-state index contributed by atoms with van der Waals surface area (Å²) in [6, 6.07) is 16.1. The Morgan fingerprint density at radius 1 is 0.934 bits per heavy atom. The van der Waals surface area contributed by atoms with Gasteiger partial charge in [-0.3, -0.25) is 14.4 Å². The quantitative estimate of drug-likeness (QED) is 0.163. The third kappa shape index (κ3) is 6.81. The van der Waals surface area contributed by atoms with Crippen LogP contribution in [0.25, 0.3) is 5.00 Å². The molecule has 9 rings (SSSR count). The molecule has 13 nitrogen and oxygen atoms in total. The average Bonchev–Trinajstić information content (AvgIpc) is 3.92. The predicted octanol–water partition coefficient (Wildman–Crippen LogP) is 7.95. The lowest BCUT2D eigenvalue weighted by atomic mass is 9.49. The van der Waals surface area contributed by atoms with Crippen molar-refractivity contribution in [1.82, 2.24) is 30.0 Å². The molecule has 2 saturated heterocycles. The zero-order valence-electron chi connectivity index (χ0n) is 36.5. The summed E-state index contributed by atoms with van der Waals surface area (Å²) >= 11 is 1.79. The summed E-state index contributed by atoms with van der Waals surface area (Å²) in [5, 5.41) is 22.7. The number of hydrogen-bond acceptors (Lipinski definition) is 12. The van der Waals surface area contributed by atoms with Crippen molar-refractivity contribution in [2.45, 2.75) is 92.8 Å². The number of carbonyl (C=O) groups excluding carboxylic acids is 1. The lowest BCUT2D eigenvalue weighted by Gasteiger charge is -2.63. The van der Waals surface area contributed by atoms with Crippen molar-refractivity contribution in [2.24, 2.45) is 21.2 Å². The summed E-state index contributed by atoms with van der Waals surface area (Å²) in [7, 11) is 1.54. The van der Waals surface area contributed by atoms with Crippen molar-refractivity contribution in [3.63, 3.8) is 0 Å². The number of aryl methyl sites for hydroxylation is 2. The molecule has 1 aliphatic carbocycles. The number of piperidine rings is 1. The van der Waals surface area contributed by atoms with Crippen LogP contribution in [0.2, 0.25) is 0 Å². The Morgan fingerprint density at radius 3 is 2.26 bits per heavy atom. The van der Waals surface area contributed by atoms with Crippen LogP contribution in [0.4, 0.5) is 11.6 Å². The van der Waals surface area contributed by atoms with Crippen molar-refractivity contribution >= 4 is 34.6 Å². The van der Waals surface area contributed by atoms with E-state index in [0.29, 0.717) is 28.6 Å². The second-order valence-electron chi connectivity index (χ2n) is 18.6. The molecular weight excluding hydrogens is 785 g/mol. The van der Waals surface area contributed by atoms with Crippen LogP contribution in [0.1, 0.15) is 109 Å². The van der Waals surface area contributed by atoms with Gasteiger partial charge in [0.05, 0.1) is 23.9 Å². The van der Waals surface area contributed by atoms with Gasteiger partial charge in [-0.25, -0.2) is 9.97 Å². The highest BCUT2D eigenvalue weighted by Crippen LogP contribution is 2.56. The Bertz CT molecular complexity index is 2560. The first-order valence-corrected chi connectivity index (χ1v) is 22.0. The van der Waals surface area contributed by atoms with Crippen molar-refractivity contribution in [3.8, 4) is 22.6 Å². The number of ether oxygens (including phenoxy) is 2. The molecule has 2 aromatic carbocycles. The van der Waals surface area contributed by atoms with Crippen molar-refractivity contribution < 1.29 is 14.3 Å². The summed E-state index contributed by atoms with van der Waals surface area (Å²) in [4.78, 5) is 34.3. The van der Waals surface area contributed by atoms with Gasteiger partial charge in [-0.1, -0.05) is 39.8 Å². The van der Waals surface area contributed by atoms with Crippen LogP contribution in [-0.2, 0) is 0 Å². The second-order valence-corrected chi connectivity index (χ2v) is 19.8. The molecule has 3 aromatic heterocycles. The number of fused-ring (bicyclic) bond motifs is 3. The molecular formula is C47H54N10O3S. The number of carbonyl (C=O) groups is 1. The van der Waals surface area contributed by atoms with Crippen molar-refractivity contribution in [1.29, 1.82) is 5.26 Å². The molecule has 0 radical (unpaired) electrons. The number of amides is 1. The number of nitriles is 1. The first-order valence-electron chi connectivity index (χ1n) is 21.2. The topological polar surface area (TPSA) is 147 Å². The number of thiophene rings is 1. The smallest absolute Gasteiger partial charge is 0.254 e. The molecule has 3 fully saturated rings. The fourth-order valence-electron chi connectivity index (χ4n) is 10.7. The van der Waals surface area contributed by atoms with Gasteiger partial charge in [0.2, 0.25) is 5.95 Å². The molecule has 1 atom stereocenters. The maximum absolute atomic E-state index is 13.6. The lowest BCUT2D eigenvalue weighted by molar-refractivity contribution is -0.164. The Kier molecular flexibility index (Phi) is 9.96. The number of hydrogen-bond donors (Lipinski definition) is 1. The van der Waals surface area contributed by atoms with Gasteiger partial charge in [-0.15, -0.1) is 21.5 Å². The Balaban J connectivity index is 0.807. The van der Waals surface area contributed by atoms with Gasteiger partial charge >= 0.3 is 0 Å². The minimum absolute atomic E-state index is 0.108. The number of nitrogens with one attached hydrogen (secondary N) is 1. The van der Waals surface area contributed by atoms with E-state index in [1.54, 1.807) is 41.9 Å². The first kappa shape index (κ1) is 40.6. The van der Waals surface area contributed by atoms with Gasteiger partial charge < -0.3 is 24.6 Å². The van der Waals surface area contributed by atoms with E-state index in [0.717, 1.165) is 73.4 Å². The largest absolute Gasteiger partial charge is 0.495 e. The third-order valence-corrected chi connectivity index (χ3v) is 15.2. The van der Waals surface area contributed by atoms with Crippen molar-refractivity contribution in [3.05, 3.63) is 99.2 Å². The fraction of sp³-hybridized carbons (Fsp3) is 0.468. The maximum atomic E-state index is 13.6. The number of anilines is 2. The standard InChI is InChI=1S/C47H54N10O3S/c1-27-29(3)61-41-37(27)38(51-28(2)39-54-53-30(4)57(39)41)31-10-13-34(14-11-31)55-19-16-47(17-20-55)18-21-56(26-47)44-49-24-33(25-50-44)40(58)52-42-45(5,6)43(46(42,7)8)60-35-15-12-32(23-48)36(22-35)59-9/h10-15,22,24-25,28,42-43H,16-21,26H2,1-9H3,(H,52,58)/t28-,42?,43?/m0/s1. The number of aromatic nitrogens is 5. The summed E-state index contributed by atoms with van der Waals surface area (Å²) in [5.41, 5.74) is 6.18. The zero-order chi connectivity index (χ0) is 43.0. The number of aliphatic imine (C=N–C) groups is 1. The van der Waals surface area contributed by atoms with E-state index in [9.17, 15) is 10.1 Å². The van der Waals surface area contributed by atoms with Gasteiger partial charge in [-0.05, 0) is 82.2 Å². The summed E-state index contributed by atoms with van der Waals surface area (Å²) in [6.45, 7) is 20.7. The van der Waals surface area contributed by atoms with E-state index in [1.165, 1.54) is 28.8 Å². The summed E-state index contributed by atoms with van der Waals surface area (Å²) < 4.78 is 14.0. The van der Waals surface area contributed by atoms with Gasteiger partial charge in [-0.2, -0.15) is 5.26 Å². The molecule has 5 aromatic rings. The van der Waals surface area contributed by atoms with E-state index in [-0.39, 0.29) is 40.3 Å². The first-order chi connectivity index (χ1) is 29.1. The molecule has 6 heterocycles. The van der Waals surface area contributed by atoms with E-state index in [4.69, 9.17) is 24.4 Å². The molecule has 4 aliphatic rings. The lowest BCUT2D eigenvalue weighted by Crippen LogP contribution is -2.74. The minimum Gasteiger partial charge on any atom is -0.495 e. The molecule has 61 heavy (non-hydrogen) atoms. The molecule has 0 unspecified atom stereocenters. The van der Waals surface area contributed by atoms with Crippen LogP contribution < -0.4 is 24.6 Å². The molecule has 316 valence electrons. The normalized spacial score (nSPS) is 22.0. The van der Waals surface area contributed by atoms with Crippen LogP contribution in [0, 0.1) is 48.3 Å². The van der Waals surface area contributed by atoms with Gasteiger partial charge in [0.25, 0.3) is 5.91 Å². The molecule has 1 spiro atoms. The molecule has 0 bridgehead atoms. The van der Waals surface area contributed by atoms with Crippen LogP contribution in [0.15, 0.2) is 59.9 Å². The van der Waals surface area contributed by atoms with Crippen molar-refractivity contribution in [2.75, 3.05) is 43.1 Å². The zero-order valence-corrected chi connectivity index (χ0v) is 37.4. The van der Waals surface area contributed by atoms with E-state index >= 15 is 0 Å². The van der Waals surface area contributed by atoms with Gasteiger partial charge in [0, 0.05) is 83.2 Å². The van der Waals surface area contributed by atoms with Crippen LogP contribution >= 0.6 is 11.3 Å². The summed E-state index contributed by atoms with van der Waals surface area (Å²) in [5.74, 6) is 3.34. The maximum Gasteiger partial charge on any atom is 0.254 e. The highest BCUT2D eigenvalue weighted by atomic mass is 32.1. The predicted molar refractivity (Wildman–Crippen MR) is 238 cm³/mol. The monoisotopic (exact) mass is 838 g/mol. The van der Waals surface area contributed by atoms with Gasteiger partial charge in [0.1, 0.15) is 40.5 Å². The van der Waals surface area contributed by atoms with E-state index in [1.807, 2.05) is 6.92 Å². The van der Waals surface area contributed by atoms with Gasteiger partial charge in [0.15, 0.2) is 5.82 Å². The van der Waals surface area contributed by atoms with Crippen LogP contribution in [0.5, 0.6) is 11.5 Å². The fourth-order valence-corrected chi connectivity index (χ4v) is 11.9. The van der Waals surface area contributed by atoms with Crippen LogP contribution in [0.3, 0.4) is 0 Å². The molecule has 14 heteroatoms.